The van der Waals surface area contributed by atoms with Crippen LogP contribution < -0.4 is 5.32 Å². The molecule has 1 unspecified atom stereocenters. The number of nitrogens with zero attached hydrogens (tertiary/aromatic N) is 3. The van der Waals surface area contributed by atoms with Crippen LogP contribution in [-0.2, 0) is 0 Å². The van der Waals surface area contributed by atoms with Gasteiger partial charge in [-0.05, 0) is 25.0 Å². The van der Waals surface area contributed by atoms with E-state index in [4.69, 9.17) is 16.6 Å². The molecule has 0 radical (unpaired) electrons. The summed E-state index contributed by atoms with van der Waals surface area (Å²) in [5.41, 5.74) is 1.18. The number of hydrogen-bond acceptors (Lipinski definition) is 5. The number of rotatable bonds is 1. The molecule has 21 heavy (non-hydrogen) atoms. The number of aromatic nitrogens is 1. The Hall–Kier alpha value is -0.850. The number of halogens is 2. The number of nitrogens with one attached hydrogen (secondary N) is 1. The van der Waals surface area contributed by atoms with Gasteiger partial charge in [-0.3, -0.25) is 4.90 Å². The van der Waals surface area contributed by atoms with Gasteiger partial charge in [0.05, 0.1) is 5.69 Å². The maximum absolute atomic E-state index is 14.3. The van der Waals surface area contributed by atoms with Crippen LogP contribution in [0.5, 0.6) is 0 Å². The second-order valence-corrected chi connectivity index (χ2v) is 6.73. The minimum atomic E-state index is -0.495. The van der Waals surface area contributed by atoms with Gasteiger partial charge in [-0.15, -0.1) is 0 Å². The zero-order chi connectivity index (χ0) is 15.0. The maximum Gasteiger partial charge on any atom is 0.184 e. The molecule has 1 saturated heterocycles. The van der Waals surface area contributed by atoms with Crippen LogP contribution in [0.2, 0.25) is 5.15 Å². The predicted molar refractivity (Wildman–Crippen MR) is 86.5 cm³/mol. The Bertz CT molecular complexity index is 580. The molecule has 7 heteroatoms. The molecule has 1 aromatic rings. The Labute approximate surface area is 133 Å². The lowest BCUT2D eigenvalue weighted by molar-refractivity contribution is 0.133. The van der Waals surface area contributed by atoms with Gasteiger partial charge < -0.3 is 5.32 Å². The van der Waals surface area contributed by atoms with Gasteiger partial charge in [0.15, 0.2) is 16.1 Å². The summed E-state index contributed by atoms with van der Waals surface area (Å²) < 4.78 is 14.3. The van der Waals surface area contributed by atoms with Crippen molar-refractivity contribution in [2.24, 2.45) is 10.9 Å². The summed E-state index contributed by atoms with van der Waals surface area (Å²) in [5, 5.41) is 3.64. The SMILES string of the molecule is CSC1=NC(N2CCC[C@@H](C)C2)c2cnc(Cl)c(F)c2N1. The smallest absolute Gasteiger partial charge is 0.184 e. The van der Waals surface area contributed by atoms with Crippen LogP contribution in [0.1, 0.15) is 31.5 Å². The third-order valence-corrected chi connectivity index (χ3v) is 4.84. The van der Waals surface area contributed by atoms with Crippen LogP contribution in [0, 0.1) is 11.7 Å². The van der Waals surface area contributed by atoms with E-state index in [1.807, 2.05) is 6.26 Å². The minimum Gasteiger partial charge on any atom is -0.332 e. The molecule has 0 saturated carbocycles. The molecule has 3 heterocycles. The quantitative estimate of drug-likeness (QED) is 0.797. The topological polar surface area (TPSA) is 40.5 Å². The summed E-state index contributed by atoms with van der Waals surface area (Å²) >= 11 is 7.28. The van der Waals surface area contributed by atoms with Crippen molar-refractivity contribution in [2.75, 3.05) is 24.7 Å². The molecule has 1 fully saturated rings. The number of fused-ring (bicyclic) bond motifs is 1. The van der Waals surface area contributed by atoms with Crippen LogP contribution >= 0.6 is 23.4 Å². The van der Waals surface area contributed by atoms with Gasteiger partial charge in [0, 0.05) is 24.8 Å². The lowest BCUT2D eigenvalue weighted by Crippen LogP contribution is -2.39. The second-order valence-electron chi connectivity index (χ2n) is 5.57. The first-order chi connectivity index (χ1) is 10.1. The third-order valence-electron chi connectivity index (χ3n) is 3.98. The Kier molecular flexibility index (Phi) is 4.38. The van der Waals surface area contributed by atoms with E-state index in [0.717, 1.165) is 25.1 Å². The fraction of sp³-hybridized carbons (Fsp3) is 0.571. The molecule has 0 amide bonds. The Morgan fingerprint density at radius 2 is 2.33 bits per heavy atom. The first-order valence-electron chi connectivity index (χ1n) is 7.07. The summed E-state index contributed by atoms with van der Waals surface area (Å²) in [6, 6.07) is 0. The molecule has 2 aliphatic rings. The van der Waals surface area contributed by atoms with Gasteiger partial charge in [0.1, 0.15) is 6.17 Å². The molecule has 0 spiro atoms. The normalized spacial score (nSPS) is 26.0. The highest BCUT2D eigenvalue weighted by Gasteiger charge is 2.32. The van der Waals surface area contributed by atoms with Crippen LogP contribution in [0.4, 0.5) is 10.1 Å². The second kappa shape index (κ2) is 6.10. The molecule has 1 aromatic heterocycles. The van der Waals surface area contributed by atoms with Gasteiger partial charge in [-0.1, -0.05) is 30.3 Å². The lowest BCUT2D eigenvalue weighted by atomic mass is 9.98. The molecular weight excluding hydrogens is 311 g/mol. The van der Waals surface area contributed by atoms with E-state index in [-0.39, 0.29) is 11.3 Å². The number of aliphatic imine (C=N–C) groups is 1. The summed E-state index contributed by atoms with van der Waals surface area (Å²) in [7, 11) is 0. The van der Waals surface area contributed by atoms with E-state index in [2.05, 4.69) is 22.1 Å². The largest absolute Gasteiger partial charge is 0.332 e. The molecule has 2 atom stereocenters. The first kappa shape index (κ1) is 15.1. The number of thioether (sulfide) groups is 1. The maximum atomic E-state index is 14.3. The lowest BCUT2D eigenvalue weighted by Gasteiger charge is -2.37. The van der Waals surface area contributed by atoms with Crippen LogP contribution in [-0.4, -0.2) is 34.4 Å². The van der Waals surface area contributed by atoms with E-state index in [1.165, 1.54) is 18.2 Å². The van der Waals surface area contributed by atoms with Crippen molar-refractivity contribution < 1.29 is 4.39 Å². The minimum absolute atomic E-state index is 0.102. The number of pyridine rings is 1. The van der Waals surface area contributed by atoms with Crippen molar-refractivity contribution in [1.29, 1.82) is 0 Å². The first-order valence-corrected chi connectivity index (χ1v) is 8.67. The van der Waals surface area contributed by atoms with Gasteiger partial charge in [0.25, 0.3) is 0 Å². The van der Waals surface area contributed by atoms with Gasteiger partial charge in [-0.25, -0.2) is 14.4 Å². The average molecular weight is 329 g/mol. The number of hydrogen-bond donors (Lipinski definition) is 1. The Morgan fingerprint density at radius 3 is 3.05 bits per heavy atom. The zero-order valence-electron chi connectivity index (χ0n) is 12.1. The molecule has 2 aliphatic heterocycles. The summed E-state index contributed by atoms with van der Waals surface area (Å²) in [4.78, 5) is 11.0. The van der Waals surface area contributed by atoms with Crippen molar-refractivity contribution in [1.82, 2.24) is 9.88 Å². The van der Waals surface area contributed by atoms with Gasteiger partial charge in [-0.2, -0.15) is 0 Å². The van der Waals surface area contributed by atoms with Crippen molar-refractivity contribution in [3.63, 3.8) is 0 Å². The monoisotopic (exact) mass is 328 g/mol. The molecule has 114 valence electrons. The van der Waals surface area contributed by atoms with E-state index in [1.54, 1.807) is 6.20 Å². The number of likely N-dealkylation sites (tertiary alicyclic amines) is 1. The molecule has 0 aliphatic carbocycles. The summed E-state index contributed by atoms with van der Waals surface area (Å²) in [6.07, 6.45) is 5.77. The fourth-order valence-corrected chi connectivity index (χ4v) is 3.50. The molecule has 3 rings (SSSR count). The zero-order valence-corrected chi connectivity index (χ0v) is 13.6. The molecular formula is C14H18ClFN4S. The van der Waals surface area contributed by atoms with Crippen LogP contribution in [0.3, 0.4) is 0 Å². The van der Waals surface area contributed by atoms with Crippen molar-refractivity contribution in [2.45, 2.75) is 25.9 Å². The number of amidine groups is 1. The van der Waals surface area contributed by atoms with E-state index < -0.39 is 5.82 Å². The molecule has 0 bridgehead atoms. The summed E-state index contributed by atoms with van der Waals surface area (Å²) in [5.74, 6) is 0.140. The molecule has 4 nitrogen and oxygen atoms in total. The molecule has 1 N–H and O–H groups in total. The fourth-order valence-electron chi connectivity index (χ4n) is 2.95. The standard InChI is InChI=1S/C14H18ClFN4S/c1-8-4-3-5-20(7-8)13-9-6-17-12(15)10(16)11(9)18-14(19-13)21-2/h6,8,13H,3-5,7H2,1-2H3,(H,18,19)/t8-,13?/m1/s1. The van der Waals surface area contributed by atoms with Crippen molar-refractivity contribution >= 4 is 34.2 Å². The van der Waals surface area contributed by atoms with Gasteiger partial charge in [0.2, 0.25) is 0 Å². The Balaban J connectivity index is 2.00. The predicted octanol–water partition coefficient (Wildman–Crippen LogP) is 3.75. The van der Waals surface area contributed by atoms with Crippen LogP contribution in [0.25, 0.3) is 0 Å². The van der Waals surface area contributed by atoms with Crippen molar-refractivity contribution in [3.8, 4) is 0 Å². The highest BCUT2D eigenvalue weighted by Crippen LogP contribution is 2.38. The average Bonchev–Trinajstić information content (AvgIpc) is 2.50. The number of piperidine rings is 1. The van der Waals surface area contributed by atoms with Crippen molar-refractivity contribution in [3.05, 3.63) is 22.7 Å². The summed E-state index contributed by atoms with van der Waals surface area (Å²) in [6.45, 7) is 4.19. The van der Waals surface area contributed by atoms with E-state index in [9.17, 15) is 4.39 Å². The van der Waals surface area contributed by atoms with Gasteiger partial charge >= 0.3 is 0 Å². The third kappa shape index (κ3) is 2.89. The van der Waals surface area contributed by atoms with Crippen LogP contribution in [0.15, 0.2) is 11.2 Å². The van der Waals surface area contributed by atoms with E-state index >= 15 is 0 Å². The number of anilines is 1. The van der Waals surface area contributed by atoms with E-state index in [0.29, 0.717) is 16.8 Å². The Morgan fingerprint density at radius 1 is 1.52 bits per heavy atom. The highest BCUT2D eigenvalue weighted by atomic mass is 35.5. The highest BCUT2D eigenvalue weighted by molar-refractivity contribution is 8.13. The molecule has 0 aromatic carbocycles.